The second-order valence-corrected chi connectivity index (χ2v) is 4.94. The molecule has 84 valence electrons. The van der Waals surface area contributed by atoms with E-state index in [9.17, 15) is 4.79 Å². The normalized spacial score (nSPS) is 14.6. The lowest BCUT2D eigenvalue weighted by atomic mass is 10.1. The molecule has 2 aromatic rings. The van der Waals surface area contributed by atoms with Crippen LogP contribution in [0.2, 0.25) is 6.04 Å². The van der Waals surface area contributed by atoms with Crippen LogP contribution in [0.1, 0.15) is 22.3 Å². The van der Waals surface area contributed by atoms with E-state index in [1.165, 1.54) is 16.3 Å². The summed E-state index contributed by atoms with van der Waals surface area (Å²) in [6.45, 7) is 1.02. The molecule has 2 bridgehead atoms. The first-order valence-electron chi connectivity index (χ1n) is 5.49. The summed E-state index contributed by atoms with van der Waals surface area (Å²) in [5.74, 6) is 0.389. The van der Waals surface area contributed by atoms with Gasteiger partial charge in [-0.05, 0) is 6.42 Å². The maximum Gasteiger partial charge on any atom is 0.342 e. The molecule has 0 spiro atoms. The van der Waals surface area contributed by atoms with Gasteiger partial charge in [-0.3, -0.25) is 0 Å². The molecule has 0 radical (unpaired) electrons. The molecular formula is C11H12O4Si. The number of hydrogen-bond donors (Lipinski definition) is 0. The maximum atomic E-state index is 11.4. The Morgan fingerprint density at radius 2 is 2.38 bits per heavy atom. The van der Waals surface area contributed by atoms with Gasteiger partial charge < -0.3 is 13.9 Å². The average molecular weight is 236 g/mol. The highest BCUT2D eigenvalue weighted by atomic mass is 28.1. The molecule has 2 aromatic heterocycles. The van der Waals surface area contributed by atoms with Crippen molar-refractivity contribution in [3.63, 3.8) is 0 Å². The molecule has 0 fully saturated rings. The largest absolute Gasteiger partial charge is 0.490 e. The van der Waals surface area contributed by atoms with Crippen molar-refractivity contribution in [3.05, 3.63) is 17.2 Å². The summed E-state index contributed by atoms with van der Waals surface area (Å²) in [5, 5.41) is 0. The second-order valence-electron chi connectivity index (χ2n) is 3.94. The van der Waals surface area contributed by atoms with Crippen molar-refractivity contribution in [2.24, 2.45) is 0 Å². The Hall–Kier alpha value is -1.49. The molecule has 0 saturated carbocycles. The van der Waals surface area contributed by atoms with Crippen LogP contribution in [-0.4, -0.2) is 22.8 Å². The van der Waals surface area contributed by atoms with Crippen molar-refractivity contribution in [1.82, 2.24) is 0 Å². The molecule has 16 heavy (non-hydrogen) atoms. The molecule has 1 aliphatic heterocycles. The summed E-state index contributed by atoms with van der Waals surface area (Å²) in [5.41, 5.74) is 2.71. The Bertz CT molecular complexity index is 531. The van der Waals surface area contributed by atoms with Crippen molar-refractivity contribution in [2.75, 3.05) is 6.61 Å². The fourth-order valence-corrected chi connectivity index (χ4v) is 2.25. The van der Waals surface area contributed by atoms with E-state index in [2.05, 4.69) is 0 Å². The van der Waals surface area contributed by atoms with Crippen LogP contribution in [0.25, 0.3) is 11.2 Å². The number of cyclic esters (lactones) is 1. The van der Waals surface area contributed by atoms with Crippen molar-refractivity contribution in [2.45, 2.75) is 19.1 Å². The summed E-state index contributed by atoms with van der Waals surface area (Å²) in [7, 11) is 1.20. The van der Waals surface area contributed by atoms with Crippen molar-refractivity contribution in [3.8, 4) is 5.75 Å². The number of benzene rings is 1. The van der Waals surface area contributed by atoms with E-state index in [0.717, 1.165) is 17.6 Å². The standard InChI is InChI=1S/C11H12O4Si/c12-11-9-6(5-14-11)7-4-8(10(9)15-7)13-2-1-3-16/h4H,1-3,5H2,16H3. The molecule has 0 aliphatic carbocycles. The zero-order valence-corrected chi connectivity index (χ0v) is 11.0. The predicted octanol–water partition coefficient (Wildman–Crippen LogP) is 1.09. The van der Waals surface area contributed by atoms with Gasteiger partial charge in [0.05, 0.1) is 12.2 Å². The number of fused-ring (bicyclic) bond motifs is 5. The van der Waals surface area contributed by atoms with Crippen LogP contribution >= 0.6 is 0 Å². The Kier molecular flexibility index (Phi) is 2.14. The molecule has 1 aliphatic rings. The third-order valence-corrected chi connectivity index (χ3v) is 3.54. The van der Waals surface area contributed by atoms with Crippen LogP contribution in [0, 0.1) is 0 Å². The van der Waals surface area contributed by atoms with Crippen molar-refractivity contribution < 1.29 is 18.7 Å². The Balaban J connectivity index is 1.92. The lowest BCUT2D eigenvalue weighted by Crippen LogP contribution is -1.98. The lowest BCUT2D eigenvalue weighted by molar-refractivity contribution is 0.0534. The highest BCUT2D eigenvalue weighted by Crippen LogP contribution is 2.41. The molecule has 5 heteroatoms. The minimum absolute atomic E-state index is 0.294. The summed E-state index contributed by atoms with van der Waals surface area (Å²) in [6, 6.07) is 3.07. The maximum absolute atomic E-state index is 11.4. The van der Waals surface area contributed by atoms with Gasteiger partial charge in [-0.25, -0.2) is 4.79 Å². The summed E-state index contributed by atoms with van der Waals surface area (Å²) >= 11 is 0. The first-order chi connectivity index (χ1) is 7.81. The Labute approximate surface area is 95.3 Å². The molecule has 0 aromatic carbocycles. The highest BCUT2D eigenvalue weighted by Gasteiger charge is 2.33. The Morgan fingerprint density at radius 3 is 3.19 bits per heavy atom. The first-order valence-corrected chi connectivity index (χ1v) is 6.90. The molecule has 0 amide bonds. The van der Waals surface area contributed by atoms with Crippen LogP contribution in [0.3, 0.4) is 0 Å². The molecule has 0 atom stereocenters. The van der Waals surface area contributed by atoms with Gasteiger partial charge in [0.2, 0.25) is 0 Å². The third-order valence-electron chi connectivity index (χ3n) is 2.83. The molecule has 0 saturated heterocycles. The second kappa shape index (κ2) is 3.52. The van der Waals surface area contributed by atoms with E-state index < -0.39 is 0 Å². The summed E-state index contributed by atoms with van der Waals surface area (Å²) < 4.78 is 16.1. The van der Waals surface area contributed by atoms with Gasteiger partial charge in [-0.1, -0.05) is 6.04 Å². The Morgan fingerprint density at radius 1 is 1.50 bits per heavy atom. The van der Waals surface area contributed by atoms with Gasteiger partial charge >= 0.3 is 5.97 Å². The zero-order chi connectivity index (χ0) is 11.1. The van der Waals surface area contributed by atoms with E-state index in [1.54, 1.807) is 0 Å². The number of carbonyl (C=O) groups excluding carboxylic acids is 1. The zero-order valence-electron chi connectivity index (χ0n) is 9.04. The lowest BCUT2D eigenvalue weighted by Gasteiger charge is -2.02. The SMILES string of the molecule is O=C1OCc2c1c1oc2cc1OCCC[SiH3]. The highest BCUT2D eigenvalue weighted by molar-refractivity contribution is 6.08. The fraction of sp³-hybridized carbons (Fsp3) is 0.364. The minimum atomic E-state index is -0.294. The smallest absolute Gasteiger partial charge is 0.342 e. The average Bonchev–Trinajstić information content (AvgIpc) is 2.91. The monoisotopic (exact) mass is 236 g/mol. The molecule has 0 unspecified atom stereocenters. The van der Waals surface area contributed by atoms with Crippen LogP contribution in [-0.2, 0) is 11.3 Å². The van der Waals surface area contributed by atoms with E-state index in [4.69, 9.17) is 13.9 Å². The number of rotatable bonds is 4. The van der Waals surface area contributed by atoms with E-state index >= 15 is 0 Å². The van der Waals surface area contributed by atoms with Crippen molar-refractivity contribution >= 4 is 27.4 Å². The number of carbonyl (C=O) groups is 1. The number of esters is 1. The van der Waals surface area contributed by atoms with Gasteiger partial charge in [0.15, 0.2) is 11.3 Å². The summed E-state index contributed by atoms with van der Waals surface area (Å²) in [4.78, 5) is 11.4. The minimum Gasteiger partial charge on any atom is -0.490 e. The van der Waals surface area contributed by atoms with Gasteiger partial charge in [-0.15, -0.1) is 0 Å². The van der Waals surface area contributed by atoms with Crippen molar-refractivity contribution in [1.29, 1.82) is 0 Å². The molecule has 3 heterocycles. The van der Waals surface area contributed by atoms with Gasteiger partial charge in [0, 0.05) is 16.3 Å². The molecule has 0 N–H and O–H groups in total. The number of ether oxygens (including phenoxy) is 2. The van der Waals surface area contributed by atoms with E-state index in [0.29, 0.717) is 30.1 Å². The predicted molar refractivity (Wildman–Crippen MR) is 61.4 cm³/mol. The van der Waals surface area contributed by atoms with Gasteiger partial charge in [0.1, 0.15) is 17.8 Å². The van der Waals surface area contributed by atoms with Crippen LogP contribution in [0.15, 0.2) is 10.5 Å². The molecule has 3 rings (SSSR count). The topological polar surface area (TPSA) is 48.7 Å². The quantitative estimate of drug-likeness (QED) is 0.453. The first kappa shape index (κ1) is 9.71. The molecular weight excluding hydrogens is 224 g/mol. The van der Waals surface area contributed by atoms with Crippen LogP contribution < -0.4 is 4.74 Å². The van der Waals surface area contributed by atoms with Gasteiger partial charge in [0.25, 0.3) is 0 Å². The van der Waals surface area contributed by atoms with E-state index in [1.807, 2.05) is 6.07 Å². The number of furan rings is 2. The van der Waals surface area contributed by atoms with Crippen LogP contribution in [0.5, 0.6) is 5.75 Å². The third kappa shape index (κ3) is 1.24. The number of hydrogen-bond acceptors (Lipinski definition) is 4. The summed E-state index contributed by atoms with van der Waals surface area (Å²) in [6.07, 6.45) is 1.06. The van der Waals surface area contributed by atoms with Crippen LogP contribution in [0.4, 0.5) is 0 Å². The van der Waals surface area contributed by atoms with Gasteiger partial charge in [-0.2, -0.15) is 0 Å². The fourth-order valence-electron chi connectivity index (χ4n) is 1.96. The molecule has 4 nitrogen and oxygen atoms in total. The van der Waals surface area contributed by atoms with E-state index in [-0.39, 0.29) is 5.97 Å².